The van der Waals surface area contributed by atoms with Crippen molar-refractivity contribution in [3.63, 3.8) is 0 Å². The molecule has 1 aromatic carbocycles. The molecule has 0 radical (unpaired) electrons. The van der Waals surface area contributed by atoms with Gasteiger partial charge in [0, 0.05) is 10.0 Å². The average molecular weight is 363 g/mol. The Morgan fingerprint density at radius 2 is 2.11 bits per heavy atom. The predicted molar refractivity (Wildman–Crippen MR) is 83.0 cm³/mol. The zero-order valence-corrected chi connectivity index (χ0v) is 13.5. The normalized spacial score (nSPS) is 12.6. The fraction of sp³-hybridized carbons (Fsp3) is 0.286. The van der Waals surface area contributed by atoms with Crippen LogP contribution in [-0.2, 0) is 0 Å². The number of hydrogen-bond acceptors (Lipinski definition) is 2. The Morgan fingerprint density at radius 1 is 1.32 bits per heavy atom. The van der Waals surface area contributed by atoms with Gasteiger partial charge in [0.2, 0.25) is 0 Å². The maximum atomic E-state index is 6.29. The van der Waals surface area contributed by atoms with Crippen molar-refractivity contribution in [3.05, 3.63) is 56.4 Å². The molecule has 0 aliphatic carbocycles. The highest BCUT2D eigenvalue weighted by atomic mass is 79.9. The van der Waals surface area contributed by atoms with Gasteiger partial charge in [-0.3, -0.25) is 0 Å². The second-order valence-electron chi connectivity index (χ2n) is 4.19. The van der Waals surface area contributed by atoms with E-state index in [9.17, 15) is 0 Å². The number of nitrogens with one attached hydrogen (secondary N) is 1. The molecule has 1 unspecified atom stereocenters. The minimum absolute atomic E-state index is 0.0888. The van der Waals surface area contributed by atoms with Crippen LogP contribution in [0, 0.1) is 0 Å². The monoisotopic (exact) mass is 361 g/mol. The first-order valence-electron chi connectivity index (χ1n) is 6.04. The number of benzene rings is 1. The Kier molecular flexibility index (Phi) is 5.34. The van der Waals surface area contributed by atoms with Gasteiger partial charge in [0.05, 0.1) is 16.8 Å². The summed E-state index contributed by atoms with van der Waals surface area (Å²) >= 11 is 15.7. The standard InChI is InChI=1S/C14H14BrCl2NO/c1-2-6-18-13(14-11(15)5-7-19-14)10-4-3-9(16)8-12(10)17/h3-5,7-8,13,18H,2,6H2,1H3. The molecule has 2 rings (SSSR count). The van der Waals surface area contributed by atoms with Gasteiger partial charge in [-0.1, -0.05) is 36.2 Å². The first-order chi connectivity index (χ1) is 9.13. The summed E-state index contributed by atoms with van der Waals surface area (Å²) in [6.45, 7) is 2.99. The first-order valence-corrected chi connectivity index (χ1v) is 7.59. The summed E-state index contributed by atoms with van der Waals surface area (Å²) in [5.41, 5.74) is 0.954. The molecule has 2 nitrogen and oxygen atoms in total. The smallest absolute Gasteiger partial charge is 0.139 e. The Balaban J connectivity index is 2.40. The molecule has 0 fully saturated rings. The highest BCUT2D eigenvalue weighted by Gasteiger charge is 2.21. The summed E-state index contributed by atoms with van der Waals surface area (Å²) in [7, 11) is 0. The van der Waals surface area contributed by atoms with Gasteiger partial charge in [-0.2, -0.15) is 0 Å². The zero-order chi connectivity index (χ0) is 13.8. The van der Waals surface area contributed by atoms with E-state index < -0.39 is 0 Å². The molecule has 0 bridgehead atoms. The van der Waals surface area contributed by atoms with Crippen molar-refractivity contribution in [2.75, 3.05) is 6.54 Å². The van der Waals surface area contributed by atoms with Gasteiger partial charge >= 0.3 is 0 Å². The van der Waals surface area contributed by atoms with Crippen LogP contribution in [0.2, 0.25) is 10.0 Å². The SMILES string of the molecule is CCCNC(c1ccc(Cl)cc1Cl)c1occc1Br. The lowest BCUT2D eigenvalue weighted by molar-refractivity contribution is 0.444. The van der Waals surface area contributed by atoms with Crippen LogP contribution < -0.4 is 5.32 Å². The Bertz CT molecular complexity index is 556. The van der Waals surface area contributed by atoms with Gasteiger partial charge in [-0.15, -0.1) is 0 Å². The highest BCUT2D eigenvalue weighted by Crippen LogP contribution is 2.34. The number of hydrogen-bond donors (Lipinski definition) is 1. The average Bonchev–Trinajstić information content (AvgIpc) is 2.78. The van der Waals surface area contributed by atoms with Gasteiger partial charge < -0.3 is 9.73 Å². The maximum Gasteiger partial charge on any atom is 0.139 e. The highest BCUT2D eigenvalue weighted by molar-refractivity contribution is 9.10. The first kappa shape index (κ1) is 14.9. The summed E-state index contributed by atoms with van der Waals surface area (Å²) in [6, 6.07) is 7.29. The van der Waals surface area contributed by atoms with Gasteiger partial charge in [0.1, 0.15) is 5.76 Å². The predicted octanol–water partition coefficient (Wildman–Crippen LogP) is 5.44. The number of halogens is 3. The summed E-state index contributed by atoms with van der Waals surface area (Å²) in [6.07, 6.45) is 2.68. The van der Waals surface area contributed by atoms with Crippen LogP contribution in [-0.4, -0.2) is 6.54 Å². The van der Waals surface area contributed by atoms with E-state index in [0.29, 0.717) is 10.0 Å². The second kappa shape index (κ2) is 6.80. The van der Waals surface area contributed by atoms with E-state index in [1.807, 2.05) is 18.2 Å². The minimum Gasteiger partial charge on any atom is -0.466 e. The fourth-order valence-corrected chi connectivity index (χ4v) is 2.83. The molecule has 0 aliphatic rings. The van der Waals surface area contributed by atoms with Gasteiger partial charge in [-0.25, -0.2) is 0 Å². The molecule has 0 saturated carbocycles. The van der Waals surface area contributed by atoms with Crippen molar-refractivity contribution < 1.29 is 4.42 Å². The van der Waals surface area contributed by atoms with Crippen LogP contribution in [0.3, 0.4) is 0 Å². The van der Waals surface area contributed by atoms with Crippen molar-refractivity contribution >= 4 is 39.1 Å². The molecule has 1 N–H and O–H groups in total. The lowest BCUT2D eigenvalue weighted by Crippen LogP contribution is -2.23. The van der Waals surface area contributed by atoms with E-state index in [-0.39, 0.29) is 6.04 Å². The minimum atomic E-state index is -0.0888. The summed E-state index contributed by atoms with van der Waals surface area (Å²) in [4.78, 5) is 0. The quantitative estimate of drug-likeness (QED) is 0.766. The van der Waals surface area contributed by atoms with E-state index in [4.69, 9.17) is 27.6 Å². The van der Waals surface area contributed by atoms with E-state index >= 15 is 0 Å². The van der Waals surface area contributed by atoms with Crippen LogP contribution in [0.4, 0.5) is 0 Å². The second-order valence-corrected chi connectivity index (χ2v) is 5.88. The van der Waals surface area contributed by atoms with E-state index in [1.165, 1.54) is 0 Å². The van der Waals surface area contributed by atoms with Gasteiger partial charge in [-0.05, 0) is 52.7 Å². The van der Waals surface area contributed by atoms with Crippen LogP contribution in [0.25, 0.3) is 0 Å². The van der Waals surface area contributed by atoms with E-state index in [1.54, 1.807) is 12.3 Å². The molecule has 0 amide bonds. The molecule has 0 aliphatic heterocycles. The van der Waals surface area contributed by atoms with Crippen LogP contribution in [0.1, 0.15) is 30.7 Å². The number of furan rings is 1. The van der Waals surface area contributed by atoms with Gasteiger partial charge in [0.25, 0.3) is 0 Å². The van der Waals surface area contributed by atoms with Crippen molar-refractivity contribution in [1.29, 1.82) is 0 Å². The maximum absolute atomic E-state index is 6.29. The third-order valence-electron chi connectivity index (χ3n) is 2.78. The molecule has 19 heavy (non-hydrogen) atoms. The third kappa shape index (κ3) is 3.54. The molecule has 0 saturated heterocycles. The zero-order valence-electron chi connectivity index (χ0n) is 10.4. The largest absolute Gasteiger partial charge is 0.466 e. The third-order valence-corrected chi connectivity index (χ3v) is 4.00. The van der Waals surface area contributed by atoms with Crippen molar-refractivity contribution in [2.45, 2.75) is 19.4 Å². The fourth-order valence-electron chi connectivity index (χ4n) is 1.88. The molecule has 2 aromatic rings. The molecule has 1 aromatic heterocycles. The van der Waals surface area contributed by atoms with E-state index in [0.717, 1.165) is 28.8 Å². The Hall–Kier alpha value is -0.480. The van der Waals surface area contributed by atoms with Crippen LogP contribution in [0.15, 0.2) is 39.4 Å². The molecular formula is C14H14BrCl2NO. The van der Waals surface area contributed by atoms with Crippen molar-refractivity contribution in [2.24, 2.45) is 0 Å². The molecule has 1 atom stereocenters. The summed E-state index contributed by atoms with van der Waals surface area (Å²) in [5.74, 6) is 0.817. The Morgan fingerprint density at radius 3 is 2.68 bits per heavy atom. The summed E-state index contributed by atoms with van der Waals surface area (Å²) in [5, 5.41) is 4.69. The Labute approximate surface area is 131 Å². The number of rotatable bonds is 5. The summed E-state index contributed by atoms with van der Waals surface area (Å²) < 4.78 is 6.49. The molecule has 1 heterocycles. The van der Waals surface area contributed by atoms with Gasteiger partial charge in [0.15, 0.2) is 0 Å². The van der Waals surface area contributed by atoms with Crippen LogP contribution >= 0.6 is 39.1 Å². The topological polar surface area (TPSA) is 25.2 Å². The molecule has 102 valence electrons. The molecule has 5 heteroatoms. The molecular weight excluding hydrogens is 349 g/mol. The molecule has 0 spiro atoms. The van der Waals surface area contributed by atoms with E-state index in [2.05, 4.69) is 28.2 Å². The van der Waals surface area contributed by atoms with Crippen molar-refractivity contribution in [3.8, 4) is 0 Å². The lowest BCUT2D eigenvalue weighted by atomic mass is 10.0. The van der Waals surface area contributed by atoms with Crippen LogP contribution in [0.5, 0.6) is 0 Å². The lowest BCUT2D eigenvalue weighted by Gasteiger charge is -2.19. The van der Waals surface area contributed by atoms with Crippen molar-refractivity contribution in [1.82, 2.24) is 5.32 Å².